The smallest absolute Gasteiger partial charge is 0.227 e. The van der Waals surface area contributed by atoms with Gasteiger partial charge in [0.15, 0.2) is 5.58 Å². The molecular formula is C55H35N3O. The minimum Gasteiger partial charge on any atom is -0.435 e. The fraction of sp³-hybridized carbons (Fsp3) is 0. The summed E-state index contributed by atoms with van der Waals surface area (Å²) in [6, 6.07) is 75.8. The van der Waals surface area contributed by atoms with Crippen LogP contribution in [0, 0.1) is 0 Å². The summed E-state index contributed by atoms with van der Waals surface area (Å²) in [7, 11) is 0. The van der Waals surface area contributed by atoms with Gasteiger partial charge in [-0.25, -0.2) is 4.98 Å². The molecule has 0 spiro atoms. The van der Waals surface area contributed by atoms with E-state index in [0.717, 1.165) is 61.3 Å². The number of oxazole rings is 1. The number of aromatic nitrogens is 2. The molecule has 4 nitrogen and oxygen atoms in total. The van der Waals surface area contributed by atoms with Gasteiger partial charge in [0, 0.05) is 49.9 Å². The summed E-state index contributed by atoms with van der Waals surface area (Å²) in [6.45, 7) is 0. The first-order valence-electron chi connectivity index (χ1n) is 20.0. The first-order valence-corrected chi connectivity index (χ1v) is 20.0. The SMILES string of the molecule is c1ccc(-c2nc3ccc4ccc5c(-c6cccc(N(c7ccccc7)c7ccc8c(c7)c7ccccc7n8-c7ccccc7)c6)cc6ccccc6c5c4c3o2)cc1. The van der Waals surface area contributed by atoms with Gasteiger partial charge >= 0.3 is 0 Å². The van der Waals surface area contributed by atoms with Gasteiger partial charge in [0.1, 0.15) is 5.52 Å². The summed E-state index contributed by atoms with van der Waals surface area (Å²) in [6.07, 6.45) is 0. The third-order valence-corrected chi connectivity index (χ3v) is 11.7. The van der Waals surface area contributed by atoms with E-state index >= 15 is 0 Å². The molecule has 0 aliphatic rings. The number of hydrogen-bond donors (Lipinski definition) is 0. The maximum absolute atomic E-state index is 6.68. The van der Waals surface area contributed by atoms with Gasteiger partial charge in [0.25, 0.3) is 0 Å². The van der Waals surface area contributed by atoms with E-state index in [0.29, 0.717) is 5.89 Å². The molecule has 276 valence electrons. The zero-order chi connectivity index (χ0) is 38.9. The van der Waals surface area contributed by atoms with Crippen molar-refractivity contribution in [3.63, 3.8) is 0 Å². The molecule has 0 radical (unpaired) electrons. The Bertz CT molecular complexity index is 3550. The van der Waals surface area contributed by atoms with Gasteiger partial charge < -0.3 is 13.9 Å². The van der Waals surface area contributed by atoms with Crippen molar-refractivity contribution >= 4 is 82.3 Å². The average molecular weight is 754 g/mol. The predicted molar refractivity (Wildman–Crippen MR) is 246 cm³/mol. The molecule has 0 saturated heterocycles. The minimum absolute atomic E-state index is 0.627. The summed E-state index contributed by atoms with van der Waals surface area (Å²) in [5.74, 6) is 0.627. The summed E-state index contributed by atoms with van der Waals surface area (Å²) in [5, 5.41) is 9.33. The number of anilines is 3. The number of benzene rings is 10. The second-order valence-electron chi connectivity index (χ2n) is 15.1. The quantitative estimate of drug-likeness (QED) is 0.159. The second kappa shape index (κ2) is 13.3. The Balaban J connectivity index is 1.07. The Morgan fingerprint density at radius 2 is 1.07 bits per heavy atom. The lowest BCUT2D eigenvalue weighted by Crippen LogP contribution is -2.10. The highest BCUT2D eigenvalue weighted by atomic mass is 16.3. The van der Waals surface area contributed by atoms with Crippen LogP contribution in [0.15, 0.2) is 217 Å². The van der Waals surface area contributed by atoms with Gasteiger partial charge in [0.2, 0.25) is 5.89 Å². The van der Waals surface area contributed by atoms with Crippen molar-refractivity contribution < 1.29 is 4.42 Å². The van der Waals surface area contributed by atoms with E-state index in [2.05, 4.69) is 191 Å². The Hall–Kier alpha value is -7.95. The standard InChI is InChI=1S/C55H35N3O/c1-4-15-37(16-5-1)55-56-49-31-28-36-27-30-46-47(34-39-17-10-11-24-44(39)53(46)52(36)54(49)59-55)38-18-14-23-42(33-38)57(40-19-6-2-7-20-40)43-29-32-51-48(35-43)45-25-12-13-26-50(45)58(51)41-21-8-3-9-22-41/h1-35H. The molecule has 12 aromatic rings. The molecule has 0 fully saturated rings. The fourth-order valence-corrected chi connectivity index (χ4v) is 9.12. The molecule has 0 bridgehead atoms. The molecule has 0 aliphatic carbocycles. The number of para-hydroxylation sites is 3. The van der Waals surface area contributed by atoms with Crippen LogP contribution in [0.25, 0.3) is 93.5 Å². The van der Waals surface area contributed by atoms with Gasteiger partial charge in [0.05, 0.1) is 11.0 Å². The Labute approximate surface area is 340 Å². The molecule has 10 aromatic carbocycles. The van der Waals surface area contributed by atoms with Gasteiger partial charge in [-0.05, 0) is 118 Å². The fourth-order valence-electron chi connectivity index (χ4n) is 9.12. The van der Waals surface area contributed by atoms with E-state index in [1.54, 1.807) is 0 Å². The van der Waals surface area contributed by atoms with Crippen molar-refractivity contribution in [2.75, 3.05) is 4.90 Å². The highest BCUT2D eigenvalue weighted by molar-refractivity contribution is 6.29. The highest BCUT2D eigenvalue weighted by Crippen LogP contribution is 2.45. The molecule has 0 amide bonds. The first kappa shape index (κ1) is 33.2. The Morgan fingerprint density at radius 1 is 0.407 bits per heavy atom. The van der Waals surface area contributed by atoms with Crippen LogP contribution in [-0.2, 0) is 0 Å². The molecule has 4 heteroatoms. The van der Waals surface area contributed by atoms with E-state index in [9.17, 15) is 0 Å². The summed E-state index contributed by atoms with van der Waals surface area (Å²) < 4.78 is 9.05. The molecule has 2 aromatic heterocycles. The molecule has 59 heavy (non-hydrogen) atoms. The molecule has 0 unspecified atom stereocenters. The van der Waals surface area contributed by atoms with Crippen LogP contribution in [0.3, 0.4) is 0 Å². The van der Waals surface area contributed by atoms with Crippen LogP contribution in [0.2, 0.25) is 0 Å². The topological polar surface area (TPSA) is 34.2 Å². The first-order chi connectivity index (χ1) is 29.3. The Kier molecular flexibility index (Phi) is 7.50. The van der Waals surface area contributed by atoms with Crippen LogP contribution < -0.4 is 4.90 Å². The lowest BCUT2D eigenvalue weighted by atomic mass is 9.90. The van der Waals surface area contributed by atoms with E-state index in [1.807, 2.05) is 30.3 Å². The second-order valence-corrected chi connectivity index (χ2v) is 15.1. The molecule has 0 aliphatic heterocycles. The maximum Gasteiger partial charge on any atom is 0.227 e. The molecule has 0 saturated carbocycles. The predicted octanol–water partition coefficient (Wildman–Crippen LogP) is 15.2. The van der Waals surface area contributed by atoms with Crippen molar-refractivity contribution in [2.24, 2.45) is 0 Å². The molecular weight excluding hydrogens is 719 g/mol. The van der Waals surface area contributed by atoms with E-state index < -0.39 is 0 Å². The summed E-state index contributed by atoms with van der Waals surface area (Å²) >= 11 is 0. The van der Waals surface area contributed by atoms with E-state index in [-0.39, 0.29) is 0 Å². The van der Waals surface area contributed by atoms with Crippen molar-refractivity contribution in [3.05, 3.63) is 212 Å². The summed E-state index contributed by atoms with van der Waals surface area (Å²) in [5.41, 5.74) is 11.7. The van der Waals surface area contributed by atoms with Crippen LogP contribution >= 0.6 is 0 Å². The van der Waals surface area contributed by atoms with Gasteiger partial charge in [-0.2, -0.15) is 0 Å². The molecule has 2 heterocycles. The Morgan fingerprint density at radius 3 is 1.92 bits per heavy atom. The number of hydrogen-bond acceptors (Lipinski definition) is 3. The van der Waals surface area contributed by atoms with Crippen molar-refractivity contribution in [3.8, 4) is 28.3 Å². The van der Waals surface area contributed by atoms with Gasteiger partial charge in [-0.15, -0.1) is 0 Å². The molecule has 0 atom stereocenters. The normalized spacial score (nSPS) is 11.7. The highest BCUT2D eigenvalue weighted by Gasteiger charge is 2.20. The van der Waals surface area contributed by atoms with Crippen molar-refractivity contribution in [1.29, 1.82) is 0 Å². The lowest BCUT2D eigenvalue weighted by Gasteiger charge is -2.26. The van der Waals surface area contributed by atoms with Gasteiger partial charge in [-0.3, -0.25) is 0 Å². The lowest BCUT2D eigenvalue weighted by molar-refractivity contribution is 0.623. The zero-order valence-corrected chi connectivity index (χ0v) is 32.0. The van der Waals surface area contributed by atoms with Gasteiger partial charge in [-0.1, -0.05) is 127 Å². The third-order valence-electron chi connectivity index (χ3n) is 11.7. The summed E-state index contributed by atoms with van der Waals surface area (Å²) in [4.78, 5) is 7.34. The number of nitrogens with zero attached hydrogens (tertiary/aromatic N) is 3. The van der Waals surface area contributed by atoms with E-state index in [1.165, 1.54) is 43.4 Å². The number of rotatable bonds is 6. The molecule has 12 rings (SSSR count). The van der Waals surface area contributed by atoms with Crippen LogP contribution in [-0.4, -0.2) is 9.55 Å². The average Bonchev–Trinajstić information content (AvgIpc) is 3.90. The largest absolute Gasteiger partial charge is 0.435 e. The maximum atomic E-state index is 6.68. The minimum atomic E-state index is 0.627. The number of fused-ring (bicyclic) bond motifs is 10. The van der Waals surface area contributed by atoms with Crippen LogP contribution in [0.5, 0.6) is 0 Å². The van der Waals surface area contributed by atoms with Crippen molar-refractivity contribution in [2.45, 2.75) is 0 Å². The monoisotopic (exact) mass is 753 g/mol. The molecule has 0 N–H and O–H groups in total. The van der Waals surface area contributed by atoms with Crippen LogP contribution in [0.1, 0.15) is 0 Å². The van der Waals surface area contributed by atoms with Crippen molar-refractivity contribution in [1.82, 2.24) is 9.55 Å². The third kappa shape index (κ3) is 5.34. The zero-order valence-electron chi connectivity index (χ0n) is 32.0. The van der Waals surface area contributed by atoms with Crippen LogP contribution in [0.4, 0.5) is 17.1 Å². The van der Waals surface area contributed by atoms with E-state index in [4.69, 9.17) is 9.40 Å².